The average Bonchev–Trinajstić information content (AvgIpc) is 2.56. The van der Waals surface area contributed by atoms with E-state index < -0.39 is 0 Å². The molecule has 0 atom stereocenters. The first-order chi connectivity index (χ1) is 6.84. The Hall–Kier alpha value is -0.510. The van der Waals surface area contributed by atoms with E-state index in [-0.39, 0.29) is 0 Å². The summed E-state index contributed by atoms with van der Waals surface area (Å²) in [6.45, 7) is 0. The molecule has 3 rings (SSSR count). The second kappa shape index (κ2) is 3.26. The third-order valence-corrected chi connectivity index (χ3v) is 3.73. The van der Waals surface area contributed by atoms with E-state index >= 15 is 0 Å². The number of H-pyrrole nitrogens is 1. The van der Waals surface area contributed by atoms with Crippen LogP contribution in [0.1, 0.15) is 24.1 Å². The van der Waals surface area contributed by atoms with Crippen molar-refractivity contribution in [2.45, 2.75) is 25.7 Å². The van der Waals surface area contributed by atoms with E-state index in [9.17, 15) is 0 Å². The van der Waals surface area contributed by atoms with Crippen molar-refractivity contribution in [1.29, 1.82) is 0 Å². The number of nitrogens with one attached hydrogen (secondary N) is 1. The Morgan fingerprint density at radius 3 is 2.93 bits per heavy atom. The Morgan fingerprint density at radius 1 is 1.14 bits per heavy atom. The SMILES string of the molecule is Ic1ccc2[nH]c3c(c2c1)CCCC3. The monoisotopic (exact) mass is 297 g/mol. The highest BCUT2D eigenvalue weighted by Crippen LogP contribution is 2.29. The molecule has 0 fully saturated rings. The van der Waals surface area contributed by atoms with Gasteiger partial charge in [0.1, 0.15) is 0 Å². The van der Waals surface area contributed by atoms with Crippen molar-refractivity contribution in [3.05, 3.63) is 33.0 Å². The Bertz CT molecular complexity index is 484. The van der Waals surface area contributed by atoms with Crippen molar-refractivity contribution in [2.75, 3.05) is 0 Å². The normalized spacial score (nSPS) is 15.8. The van der Waals surface area contributed by atoms with Crippen LogP contribution in [-0.2, 0) is 12.8 Å². The maximum absolute atomic E-state index is 3.54. The van der Waals surface area contributed by atoms with Crippen LogP contribution in [0.2, 0.25) is 0 Å². The lowest BCUT2D eigenvalue weighted by Gasteiger charge is -2.10. The zero-order chi connectivity index (χ0) is 9.54. The van der Waals surface area contributed by atoms with Crippen LogP contribution in [0, 0.1) is 3.57 Å². The van der Waals surface area contributed by atoms with Gasteiger partial charge in [-0.1, -0.05) is 0 Å². The van der Waals surface area contributed by atoms with Gasteiger partial charge in [-0.3, -0.25) is 0 Å². The summed E-state index contributed by atoms with van der Waals surface area (Å²) >= 11 is 2.39. The zero-order valence-corrected chi connectivity index (χ0v) is 10.1. The molecule has 2 heteroatoms. The maximum Gasteiger partial charge on any atom is 0.0459 e. The minimum Gasteiger partial charge on any atom is -0.358 e. The summed E-state index contributed by atoms with van der Waals surface area (Å²) < 4.78 is 1.34. The van der Waals surface area contributed by atoms with Gasteiger partial charge in [-0.15, -0.1) is 0 Å². The van der Waals surface area contributed by atoms with Gasteiger partial charge in [0.15, 0.2) is 0 Å². The quantitative estimate of drug-likeness (QED) is 0.714. The van der Waals surface area contributed by atoms with Gasteiger partial charge in [0.25, 0.3) is 0 Å². The molecule has 0 spiro atoms. The highest BCUT2D eigenvalue weighted by atomic mass is 127. The van der Waals surface area contributed by atoms with Crippen LogP contribution in [0.25, 0.3) is 10.9 Å². The number of halogens is 1. The Kier molecular flexibility index (Phi) is 2.04. The molecule has 1 nitrogen and oxygen atoms in total. The van der Waals surface area contributed by atoms with Crippen LogP contribution in [-0.4, -0.2) is 4.98 Å². The summed E-state index contributed by atoms with van der Waals surface area (Å²) in [5.41, 5.74) is 4.37. The van der Waals surface area contributed by atoms with Crippen molar-refractivity contribution >= 4 is 33.5 Å². The van der Waals surface area contributed by atoms with Crippen LogP contribution in [0.15, 0.2) is 18.2 Å². The number of hydrogen-bond donors (Lipinski definition) is 1. The van der Waals surface area contributed by atoms with Crippen LogP contribution < -0.4 is 0 Å². The Morgan fingerprint density at radius 2 is 2.00 bits per heavy atom. The number of aromatic nitrogens is 1. The van der Waals surface area contributed by atoms with Crippen LogP contribution in [0.4, 0.5) is 0 Å². The minimum absolute atomic E-state index is 1.24. The van der Waals surface area contributed by atoms with Crippen molar-refractivity contribution in [3.8, 4) is 0 Å². The summed E-state index contributed by atoms with van der Waals surface area (Å²) in [5, 5.41) is 1.45. The number of rotatable bonds is 0. The molecule has 2 aromatic rings. The van der Waals surface area contributed by atoms with E-state index in [2.05, 4.69) is 45.8 Å². The van der Waals surface area contributed by atoms with Gasteiger partial charge in [-0.05, 0) is 72.0 Å². The van der Waals surface area contributed by atoms with Crippen LogP contribution >= 0.6 is 22.6 Å². The molecular formula is C12H12IN. The predicted octanol–water partition coefficient (Wildman–Crippen LogP) is 3.65. The lowest BCUT2D eigenvalue weighted by molar-refractivity contribution is 0.680. The van der Waals surface area contributed by atoms with Crippen LogP contribution in [0.3, 0.4) is 0 Å². The predicted molar refractivity (Wildman–Crippen MR) is 67.7 cm³/mol. The zero-order valence-electron chi connectivity index (χ0n) is 7.94. The molecule has 1 aromatic heterocycles. The first kappa shape index (κ1) is 8.77. The van der Waals surface area contributed by atoms with Gasteiger partial charge >= 0.3 is 0 Å². The third kappa shape index (κ3) is 1.28. The van der Waals surface area contributed by atoms with Gasteiger partial charge in [-0.2, -0.15) is 0 Å². The van der Waals surface area contributed by atoms with Crippen molar-refractivity contribution in [1.82, 2.24) is 4.98 Å². The van der Waals surface area contributed by atoms with E-state index in [1.165, 1.54) is 45.9 Å². The molecule has 0 amide bonds. The number of aromatic amines is 1. The van der Waals surface area contributed by atoms with Gasteiger partial charge in [-0.25, -0.2) is 0 Å². The Balaban J connectivity index is 2.32. The molecule has 1 aliphatic carbocycles. The average molecular weight is 297 g/mol. The summed E-state index contributed by atoms with van der Waals surface area (Å²) in [5.74, 6) is 0. The first-order valence-electron chi connectivity index (χ1n) is 5.13. The molecule has 1 aromatic carbocycles. The second-order valence-electron chi connectivity index (χ2n) is 3.98. The summed E-state index contributed by atoms with van der Waals surface area (Å²) in [6, 6.07) is 6.68. The molecule has 1 aliphatic rings. The van der Waals surface area contributed by atoms with E-state index in [4.69, 9.17) is 0 Å². The topological polar surface area (TPSA) is 15.8 Å². The lowest BCUT2D eigenvalue weighted by atomic mass is 9.96. The van der Waals surface area contributed by atoms with Crippen LogP contribution in [0.5, 0.6) is 0 Å². The number of aryl methyl sites for hydroxylation is 2. The summed E-state index contributed by atoms with van der Waals surface area (Å²) in [6.07, 6.45) is 5.19. The fourth-order valence-electron chi connectivity index (χ4n) is 2.38. The molecule has 0 saturated carbocycles. The van der Waals surface area contributed by atoms with E-state index in [1.807, 2.05) is 0 Å². The number of fused-ring (bicyclic) bond motifs is 3. The largest absolute Gasteiger partial charge is 0.358 e. The highest BCUT2D eigenvalue weighted by molar-refractivity contribution is 14.1. The molecule has 0 unspecified atom stereocenters. The van der Waals surface area contributed by atoms with Crippen molar-refractivity contribution in [3.63, 3.8) is 0 Å². The molecule has 0 aliphatic heterocycles. The lowest BCUT2D eigenvalue weighted by Crippen LogP contribution is -1.99. The van der Waals surface area contributed by atoms with Gasteiger partial charge in [0.2, 0.25) is 0 Å². The van der Waals surface area contributed by atoms with Gasteiger partial charge in [0, 0.05) is 20.2 Å². The first-order valence-corrected chi connectivity index (χ1v) is 6.21. The second-order valence-corrected chi connectivity index (χ2v) is 5.22. The number of hydrogen-bond acceptors (Lipinski definition) is 0. The molecular weight excluding hydrogens is 285 g/mol. The molecule has 0 radical (unpaired) electrons. The van der Waals surface area contributed by atoms with Crippen molar-refractivity contribution < 1.29 is 0 Å². The molecule has 1 heterocycles. The standard InChI is InChI=1S/C12H12IN/c13-8-5-6-12-10(7-8)9-3-1-2-4-11(9)14-12/h5-7,14H,1-4H2. The molecule has 0 saturated heterocycles. The summed E-state index contributed by atoms with van der Waals surface area (Å²) in [7, 11) is 0. The van der Waals surface area contributed by atoms with E-state index in [0.717, 1.165) is 0 Å². The molecule has 1 N–H and O–H groups in total. The highest BCUT2D eigenvalue weighted by Gasteiger charge is 2.14. The fraction of sp³-hybridized carbons (Fsp3) is 0.333. The minimum atomic E-state index is 1.24. The maximum atomic E-state index is 3.54. The Labute approximate surface area is 97.0 Å². The van der Waals surface area contributed by atoms with Gasteiger partial charge in [0.05, 0.1) is 0 Å². The summed E-state index contributed by atoms with van der Waals surface area (Å²) in [4.78, 5) is 3.54. The smallest absolute Gasteiger partial charge is 0.0459 e. The molecule has 72 valence electrons. The van der Waals surface area contributed by atoms with E-state index in [0.29, 0.717) is 0 Å². The molecule has 0 bridgehead atoms. The van der Waals surface area contributed by atoms with E-state index in [1.54, 1.807) is 5.56 Å². The number of benzene rings is 1. The van der Waals surface area contributed by atoms with Crippen molar-refractivity contribution in [2.24, 2.45) is 0 Å². The third-order valence-electron chi connectivity index (χ3n) is 3.06. The molecule has 14 heavy (non-hydrogen) atoms. The van der Waals surface area contributed by atoms with Gasteiger partial charge < -0.3 is 4.98 Å². The fourth-order valence-corrected chi connectivity index (χ4v) is 2.87.